The highest BCUT2D eigenvalue weighted by Gasteiger charge is 2.24. The molecule has 1 aliphatic rings. The summed E-state index contributed by atoms with van der Waals surface area (Å²) >= 11 is 0. The van der Waals surface area contributed by atoms with Crippen molar-refractivity contribution in [3.8, 4) is 0 Å². The minimum absolute atomic E-state index is 0.0495. The molecule has 0 atom stereocenters. The van der Waals surface area contributed by atoms with E-state index in [0.717, 1.165) is 18.4 Å². The van der Waals surface area contributed by atoms with Gasteiger partial charge in [-0.3, -0.25) is 4.79 Å². The SMILES string of the molecule is O=C(NN=Cc1ccccc1)C1CCC1. The Labute approximate surface area is 89.2 Å². The minimum Gasteiger partial charge on any atom is -0.273 e. The van der Waals surface area contributed by atoms with Crippen molar-refractivity contribution in [2.24, 2.45) is 11.0 Å². The highest BCUT2D eigenvalue weighted by atomic mass is 16.2. The fourth-order valence-electron chi connectivity index (χ4n) is 1.47. The highest BCUT2D eigenvalue weighted by molar-refractivity contribution is 5.83. The number of nitrogens with zero attached hydrogens (tertiary/aromatic N) is 1. The van der Waals surface area contributed by atoms with Crippen LogP contribution in [-0.4, -0.2) is 12.1 Å². The maximum absolute atomic E-state index is 11.4. The average Bonchev–Trinajstić information content (AvgIpc) is 2.16. The first-order valence-electron chi connectivity index (χ1n) is 5.24. The van der Waals surface area contributed by atoms with Crippen LogP contribution in [0.25, 0.3) is 0 Å². The molecule has 0 heterocycles. The van der Waals surface area contributed by atoms with Gasteiger partial charge in [-0.2, -0.15) is 5.10 Å². The predicted molar refractivity (Wildman–Crippen MR) is 59.5 cm³/mol. The van der Waals surface area contributed by atoms with Crippen molar-refractivity contribution in [3.63, 3.8) is 0 Å². The lowest BCUT2D eigenvalue weighted by Crippen LogP contribution is -2.31. The molecule has 3 nitrogen and oxygen atoms in total. The van der Waals surface area contributed by atoms with E-state index >= 15 is 0 Å². The van der Waals surface area contributed by atoms with Crippen molar-refractivity contribution in [2.75, 3.05) is 0 Å². The van der Waals surface area contributed by atoms with Crippen LogP contribution < -0.4 is 5.43 Å². The highest BCUT2D eigenvalue weighted by Crippen LogP contribution is 2.25. The Morgan fingerprint density at radius 1 is 1.33 bits per heavy atom. The fraction of sp³-hybridized carbons (Fsp3) is 0.333. The van der Waals surface area contributed by atoms with Crippen molar-refractivity contribution in [3.05, 3.63) is 35.9 Å². The van der Waals surface area contributed by atoms with Gasteiger partial charge in [0.05, 0.1) is 6.21 Å². The zero-order valence-electron chi connectivity index (χ0n) is 8.52. The molecule has 78 valence electrons. The zero-order valence-corrected chi connectivity index (χ0v) is 8.52. The van der Waals surface area contributed by atoms with E-state index in [1.165, 1.54) is 6.42 Å². The molecule has 1 N–H and O–H groups in total. The lowest BCUT2D eigenvalue weighted by Gasteiger charge is -2.22. The number of rotatable bonds is 3. The fourth-order valence-corrected chi connectivity index (χ4v) is 1.47. The summed E-state index contributed by atoms with van der Waals surface area (Å²) in [7, 11) is 0. The van der Waals surface area contributed by atoms with Crippen LogP contribution in [0.4, 0.5) is 0 Å². The van der Waals surface area contributed by atoms with Gasteiger partial charge in [-0.25, -0.2) is 5.43 Å². The summed E-state index contributed by atoms with van der Waals surface area (Å²) in [5.41, 5.74) is 3.56. The monoisotopic (exact) mass is 202 g/mol. The van der Waals surface area contributed by atoms with Crippen LogP contribution in [0.3, 0.4) is 0 Å². The second-order valence-corrected chi connectivity index (χ2v) is 3.77. The van der Waals surface area contributed by atoms with E-state index in [9.17, 15) is 4.79 Å². The zero-order chi connectivity index (χ0) is 10.5. The van der Waals surface area contributed by atoms with Crippen molar-refractivity contribution < 1.29 is 4.79 Å². The molecule has 2 rings (SSSR count). The summed E-state index contributed by atoms with van der Waals surface area (Å²) in [6.07, 6.45) is 4.84. The van der Waals surface area contributed by atoms with E-state index in [2.05, 4.69) is 10.5 Å². The topological polar surface area (TPSA) is 41.5 Å². The molecule has 15 heavy (non-hydrogen) atoms. The predicted octanol–water partition coefficient (Wildman–Crippen LogP) is 1.94. The normalized spacial score (nSPS) is 16.3. The Kier molecular flexibility index (Phi) is 3.12. The van der Waals surface area contributed by atoms with Gasteiger partial charge in [-0.1, -0.05) is 36.8 Å². The third-order valence-electron chi connectivity index (χ3n) is 2.66. The first kappa shape index (κ1) is 9.90. The van der Waals surface area contributed by atoms with Crippen molar-refractivity contribution in [2.45, 2.75) is 19.3 Å². The molecule has 0 radical (unpaired) electrons. The second-order valence-electron chi connectivity index (χ2n) is 3.77. The van der Waals surface area contributed by atoms with Gasteiger partial charge in [-0.15, -0.1) is 0 Å². The Morgan fingerprint density at radius 2 is 2.07 bits per heavy atom. The van der Waals surface area contributed by atoms with E-state index in [4.69, 9.17) is 0 Å². The van der Waals surface area contributed by atoms with E-state index in [1.807, 2.05) is 30.3 Å². The van der Waals surface area contributed by atoms with Crippen LogP contribution in [-0.2, 0) is 4.79 Å². The molecule has 1 aromatic rings. The molecular weight excluding hydrogens is 188 g/mol. The molecule has 1 fully saturated rings. The number of hydrogen-bond acceptors (Lipinski definition) is 2. The standard InChI is InChI=1S/C12H14N2O/c15-12(11-7-4-8-11)14-13-9-10-5-2-1-3-6-10/h1-3,5-6,9,11H,4,7-8H2,(H,14,15). The van der Waals surface area contributed by atoms with Gasteiger partial charge in [0.25, 0.3) is 0 Å². The minimum atomic E-state index is 0.0495. The molecule has 1 amide bonds. The summed E-state index contributed by atoms with van der Waals surface area (Å²) in [6, 6.07) is 9.71. The van der Waals surface area contributed by atoms with E-state index in [-0.39, 0.29) is 11.8 Å². The first-order valence-corrected chi connectivity index (χ1v) is 5.24. The van der Waals surface area contributed by atoms with Crippen LogP contribution in [0.15, 0.2) is 35.4 Å². The number of nitrogens with one attached hydrogen (secondary N) is 1. The largest absolute Gasteiger partial charge is 0.273 e. The van der Waals surface area contributed by atoms with Crippen LogP contribution in [0.5, 0.6) is 0 Å². The van der Waals surface area contributed by atoms with Crippen LogP contribution in [0.2, 0.25) is 0 Å². The molecule has 0 bridgehead atoms. The molecule has 0 spiro atoms. The van der Waals surface area contributed by atoms with Crippen molar-refractivity contribution in [1.82, 2.24) is 5.43 Å². The van der Waals surface area contributed by atoms with E-state index in [1.54, 1.807) is 6.21 Å². The number of carbonyl (C=O) groups is 1. The van der Waals surface area contributed by atoms with Crippen LogP contribution in [0, 0.1) is 5.92 Å². The maximum atomic E-state index is 11.4. The number of hydrazone groups is 1. The maximum Gasteiger partial charge on any atom is 0.243 e. The number of hydrogen-bond donors (Lipinski definition) is 1. The summed E-state index contributed by atoms with van der Waals surface area (Å²) in [5, 5.41) is 3.92. The summed E-state index contributed by atoms with van der Waals surface area (Å²) in [4.78, 5) is 11.4. The lowest BCUT2D eigenvalue weighted by atomic mass is 9.85. The Bertz CT molecular complexity index is 355. The molecule has 1 aromatic carbocycles. The molecule has 3 heteroatoms. The summed E-state index contributed by atoms with van der Waals surface area (Å²) < 4.78 is 0. The van der Waals surface area contributed by atoms with Crippen molar-refractivity contribution in [1.29, 1.82) is 0 Å². The Hall–Kier alpha value is -1.64. The summed E-state index contributed by atoms with van der Waals surface area (Å²) in [5.74, 6) is 0.242. The third kappa shape index (κ3) is 2.65. The third-order valence-corrected chi connectivity index (χ3v) is 2.66. The van der Waals surface area contributed by atoms with Crippen molar-refractivity contribution >= 4 is 12.1 Å². The number of carbonyl (C=O) groups excluding carboxylic acids is 1. The van der Waals surface area contributed by atoms with Gasteiger partial charge < -0.3 is 0 Å². The van der Waals surface area contributed by atoms with Gasteiger partial charge >= 0.3 is 0 Å². The summed E-state index contributed by atoms with van der Waals surface area (Å²) in [6.45, 7) is 0. The van der Waals surface area contributed by atoms with Gasteiger partial charge in [0.2, 0.25) is 5.91 Å². The quantitative estimate of drug-likeness (QED) is 0.590. The molecule has 0 aromatic heterocycles. The molecule has 1 aliphatic carbocycles. The average molecular weight is 202 g/mol. The lowest BCUT2D eigenvalue weighted by molar-refractivity contribution is -0.127. The van der Waals surface area contributed by atoms with Gasteiger partial charge in [0.15, 0.2) is 0 Å². The Morgan fingerprint density at radius 3 is 2.67 bits per heavy atom. The number of benzene rings is 1. The first-order chi connectivity index (χ1) is 7.36. The second kappa shape index (κ2) is 4.73. The molecule has 0 aliphatic heterocycles. The van der Waals surface area contributed by atoms with E-state index in [0.29, 0.717) is 0 Å². The van der Waals surface area contributed by atoms with Crippen LogP contribution in [0.1, 0.15) is 24.8 Å². The molecular formula is C12H14N2O. The molecule has 0 saturated heterocycles. The van der Waals surface area contributed by atoms with Gasteiger partial charge in [0.1, 0.15) is 0 Å². The smallest absolute Gasteiger partial charge is 0.243 e. The van der Waals surface area contributed by atoms with Crippen LogP contribution >= 0.6 is 0 Å². The van der Waals surface area contributed by atoms with E-state index < -0.39 is 0 Å². The Balaban J connectivity index is 1.82. The van der Waals surface area contributed by atoms with Gasteiger partial charge in [0, 0.05) is 5.92 Å². The van der Waals surface area contributed by atoms with Gasteiger partial charge in [-0.05, 0) is 18.4 Å². The number of amides is 1. The molecule has 1 saturated carbocycles. The molecule has 0 unspecified atom stereocenters.